The molecular weight excluding hydrogens is 296 g/mol. The van der Waals surface area contributed by atoms with Gasteiger partial charge in [-0.2, -0.15) is 0 Å². The molecule has 0 bridgehead atoms. The van der Waals surface area contributed by atoms with Gasteiger partial charge in [0.2, 0.25) is 0 Å². The molecule has 7 heteroatoms. The lowest BCUT2D eigenvalue weighted by Gasteiger charge is -2.07. The first-order chi connectivity index (χ1) is 9.86. The number of carbonyl (C=O) groups is 2. The second-order valence-corrected chi connectivity index (χ2v) is 4.79. The number of benzene rings is 1. The highest BCUT2D eigenvalue weighted by Gasteiger charge is 2.11. The van der Waals surface area contributed by atoms with E-state index in [0.29, 0.717) is 0 Å². The Labute approximate surface area is 124 Å². The Morgan fingerprint density at radius 2 is 1.90 bits per heavy atom. The topological polar surface area (TPSA) is 88.4 Å². The fourth-order valence-electron chi connectivity index (χ4n) is 1.68. The monoisotopic (exact) mass is 306 g/mol. The molecule has 21 heavy (non-hydrogen) atoms. The molecule has 1 aromatic heterocycles. The summed E-state index contributed by atoms with van der Waals surface area (Å²) in [6, 6.07) is 6.66. The zero-order chi connectivity index (χ0) is 15.6. The van der Waals surface area contributed by atoms with Crippen molar-refractivity contribution in [1.82, 2.24) is 4.57 Å². The van der Waals surface area contributed by atoms with E-state index in [0.717, 1.165) is 0 Å². The van der Waals surface area contributed by atoms with Crippen LogP contribution in [0.4, 0.5) is 5.69 Å². The number of aromatic carboxylic acids is 1. The fourth-order valence-corrected chi connectivity index (χ4v) is 1.91. The second kappa shape index (κ2) is 5.80. The molecule has 0 radical (unpaired) electrons. The Hall–Kier alpha value is -2.60. The van der Waals surface area contributed by atoms with Crippen molar-refractivity contribution in [3.63, 3.8) is 0 Å². The number of nitrogens with one attached hydrogen (secondary N) is 1. The van der Waals surface area contributed by atoms with Gasteiger partial charge in [-0.15, -0.1) is 0 Å². The zero-order valence-electron chi connectivity index (χ0n) is 11.0. The Balaban J connectivity index is 2.29. The predicted octanol–water partition coefficient (Wildman–Crippen LogP) is 1.99. The van der Waals surface area contributed by atoms with Crippen LogP contribution in [0.25, 0.3) is 0 Å². The highest BCUT2D eigenvalue weighted by Crippen LogP contribution is 2.19. The van der Waals surface area contributed by atoms with Crippen LogP contribution in [0.15, 0.2) is 41.3 Å². The third kappa shape index (κ3) is 3.49. The van der Waals surface area contributed by atoms with E-state index in [2.05, 4.69) is 5.32 Å². The number of nitrogens with zero attached hydrogens (tertiary/aromatic N) is 1. The molecule has 1 aromatic carbocycles. The number of carbonyl (C=O) groups excluding carboxylic acids is 1. The van der Waals surface area contributed by atoms with E-state index in [1.165, 1.54) is 41.1 Å². The number of hydrogen-bond donors (Lipinski definition) is 2. The van der Waals surface area contributed by atoms with E-state index in [1.54, 1.807) is 7.05 Å². The molecule has 0 saturated heterocycles. The van der Waals surface area contributed by atoms with Crippen LogP contribution in [0.5, 0.6) is 0 Å². The average Bonchev–Trinajstić information content (AvgIpc) is 2.41. The molecule has 2 rings (SSSR count). The number of carboxylic acids is 1. The molecule has 1 amide bonds. The van der Waals surface area contributed by atoms with E-state index < -0.39 is 11.9 Å². The van der Waals surface area contributed by atoms with Crippen LogP contribution in [0.2, 0.25) is 5.02 Å². The summed E-state index contributed by atoms with van der Waals surface area (Å²) < 4.78 is 1.33. The summed E-state index contributed by atoms with van der Waals surface area (Å²) in [6.45, 7) is 0. The SMILES string of the molecule is Cn1ccc(C(=O)Nc2cc(Cl)cc(C(=O)O)c2)cc1=O. The molecule has 0 fully saturated rings. The van der Waals surface area contributed by atoms with Gasteiger partial charge in [-0.25, -0.2) is 4.79 Å². The second-order valence-electron chi connectivity index (χ2n) is 4.35. The smallest absolute Gasteiger partial charge is 0.335 e. The number of amides is 1. The van der Waals surface area contributed by atoms with Crippen molar-refractivity contribution in [3.8, 4) is 0 Å². The van der Waals surface area contributed by atoms with Crippen molar-refractivity contribution in [2.24, 2.45) is 7.05 Å². The quantitative estimate of drug-likeness (QED) is 0.907. The normalized spacial score (nSPS) is 10.2. The minimum absolute atomic E-state index is 0.0400. The summed E-state index contributed by atoms with van der Waals surface area (Å²) >= 11 is 5.80. The first kappa shape index (κ1) is 14.8. The molecule has 2 N–H and O–H groups in total. The number of pyridine rings is 1. The van der Waals surface area contributed by atoms with Crippen LogP contribution in [0.1, 0.15) is 20.7 Å². The van der Waals surface area contributed by atoms with Crippen molar-refractivity contribution in [1.29, 1.82) is 0 Å². The maximum Gasteiger partial charge on any atom is 0.335 e. The van der Waals surface area contributed by atoms with E-state index in [4.69, 9.17) is 16.7 Å². The molecule has 108 valence electrons. The van der Waals surface area contributed by atoms with Crippen LogP contribution in [-0.4, -0.2) is 21.6 Å². The number of hydrogen-bond acceptors (Lipinski definition) is 3. The van der Waals surface area contributed by atoms with Crippen LogP contribution in [0.3, 0.4) is 0 Å². The van der Waals surface area contributed by atoms with Crippen LogP contribution >= 0.6 is 11.6 Å². The molecule has 0 atom stereocenters. The third-order valence-corrected chi connectivity index (χ3v) is 2.99. The van der Waals surface area contributed by atoms with Gasteiger partial charge in [-0.1, -0.05) is 11.6 Å². The van der Waals surface area contributed by atoms with Crippen molar-refractivity contribution in [2.45, 2.75) is 0 Å². The lowest BCUT2D eigenvalue weighted by atomic mass is 10.2. The molecule has 0 aliphatic heterocycles. The molecule has 0 aliphatic carbocycles. The van der Waals surface area contributed by atoms with Gasteiger partial charge in [0.25, 0.3) is 11.5 Å². The minimum atomic E-state index is -1.15. The number of halogens is 1. The van der Waals surface area contributed by atoms with E-state index in [1.807, 2.05) is 0 Å². The Morgan fingerprint density at radius 3 is 2.52 bits per heavy atom. The maximum atomic E-state index is 12.0. The van der Waals surface area contributed by atoms with Crippen molar-refractivity contribution >= 4 is 29.2 Å². The summed E-state index contributed by atoms with van der Waals surface area (Å²) in [5.74, 6) is -1.67. The van der Waals surface area contributed by atoms with Crippen LogP contribution in [-0.2, 0) is 7.05 Å². The summed E-state index contributed by atoms with van der Waals surface area (Å²) in [7, 11) is 1.57. The minimum Gasteiger partial charge on any atom is -0.478 e. The standard InChI is InChI=1S/C14H11ClN2O4/c1-17-3-2-8(6-12(17)18)13(19)16-11-5-9(14(20)21)4-10(15)7-11/h2-7H,1H3,(H,16,19)(H,20,21). The number of aryl methyl sites for hydroxylation is 1. The molecule has 0 aliphatic rings. The highest BCUT2D eigenvalue weighted by molar-refractivity contribution is 6.31. The zero-order valence-corrected chi connectivity index (χ0v) is 11.7. The van der Waals surface area contributed by atoms with Gasteiger partial charge in [0.1, 0.15) is 0 Å². The van der Waals surface area contributed by atoms with Crippen molar-refractivity contribution < 1.29 is 14.7 Å². The Morgan fingerprint density at radius 1 is 1.19 bits per heavy atom. The summed E-state index contributed by atoms with van der Waals surface area (Å²) in [5, 5.41) is 11.6. The van der Waals surface area contributed by atoms with Crippen LogP contribution in [0, 0.1) is 0 Å². The average molecular weight is 307 g/mol. The van der Waals surface area contributed by atoms with Gasteiger partial charge in [0, 0.05) is 35.6 Å². The summed E-state index contributed by atoms with van der Waals surface area (Å²) in [4.78, 5) is 34.4. The van der Waals surface area contributed by atoms with Crippen LogP contribution < -0.4 is 10.9 Å². The van der Waals surface area contributed by atoms with Gasteiger partial charge in [-0.3, -0.25) is 9.59 Å². The molecule has 0 unspecified atom stereocenters. The maximum absolute atomic E-state index is 12.0. The molecule has 0 saturated carbocycles. The molecule has 2 aromatic rings. The first-order valence-electron chi connectivity index (χ1n) is 5.89. The first-order valence-corrected chi connectivity index (χ1v) is 6.26. The van der Waals surface area contributed by atoms with Gasteiger partial charge in [-0.05, 0) is 24.3 Å². The van der Waals surface area contributed by atoms with Gasteiger partial charge in [0.05, 0.1) is 5.56 Å². The van der Waals surface area contributed by atoms with E-state index in [9.17, 15) is 14.4 Å². The third-order valence-electron chi connectivity index (χ3n) is 2.77. The summed E-state index contributed by atoms with van der Waals surface area (Å²) in [5.41, 5.74) is 0.0577. The largest absolute Gasteiger partial charge is 0.478 e. The predicted molar refractivity (Wildman–Crippen MR) is 78.0 cm³/mol. The van der Waals surface area contributed by atoms with Gasteiger partial charge < -0.3 is 15.0 Å². The molecule has 0 spiro atoms. The number of anilines is 1. The number of aromatic nitrogens is 1. The van der Waals surface area contributed by atoms with E-state index >= 15 is 0 Å². The Bertz CT molecular complexity index is 783. The lowest BCUT2D eigenvalue weighted by Crippen LogP contribution is -2.20. The lowest BCUT2D eigenvalue weighted by molar-refractivity contribution is 0.0696. The summed E-state index contributed by atoms with van der Waals surface area (Å²) in [6.07, 6.45) is 1.47. The van der Waals surface area contributed by atoms with Crippen molar-refractivity contribution in [3.05, 3.63) is 63.0 Å². The van der Waals surface area contributed by atoms with Crippen molar-refractivity contribution in [2.75, 3.05) is 5.32 Å². The molecule has 1 heterocycles. The highest BCUT2D eigenvalue weighted by atomic mass is 35.5. The van der Waals surface area contributed by atoms with Gasteiger partial charge >= 0.3 is 5.97 Å². The molecule has 6 nitrogen and oxygen atoms in total. The Kier molecular flexibility index (Phi) is 4.09. The fraction of sp³-hybridized carbons (Fsp3) is 0.0714. The number of rotatable bonds is 3. The van der Waals surface area contributed by atoms with E-state index in [-0.39, 0.29) is 27.4 Å². The number of carboxylic acid groups (broad SMARTS) is 1. The molecular formula is C14H11ClN2O4. The van der Waals surface area contributed by atoms with Gasteiger partial charge in [0.15, 0.2) is 0 Å².